The van der Waals surface area contributed by atoms with Crippen LogP contribution in [0.5, 0.6) is 0 Å². The van der Waals surface area contributed by atoms with Gasteiger partial charge in [0, 0.05) is 62.8 Å². The summed E-state index contributed by atoms with van der Waals surface area (Å²) in [5.74, 6) is 0.969. The topological polar surface area (TPSA) is 55.7 Å². The standard InChI is InChI=1S/C31H41N5O2Si/c1-6-35(26-9-7-8-24(2)20-26)27-10-11-29-28(22-27)31(33-36(29)23-38-18-19-39(3,4)5)25-12-13-32-30(21-25)34-14-16-37-17-15-34/h7-13,20-22H,6,14-19,23H2,1-5H3. The molecule has 0 amide bonds. The lowest BCUT2D eigenvalue weighted by Crippen LogP contribution is -2.36. The average Bonchev–Trinajstić information content (AvgIpc) is 3.30. The number of morpholine rings is 1. The zero-order valence-corrected chi connectivity index (χ0v) is 25.0. The molecule has 0 atom stereocenters. The fourth-order valence-corrected chi connectivity index (χ4v) is 5.77. The fourth-order valence-electron chi connectivity index (χ4n) is 5.02. The van der Waals surface area contributed by atoms with Crippen LogP contribution in [-0.4, -0.2) is 62.3 Å². The lowest BCUT2D eigenvalue weighted by Gasteiger charge is -2.27. The molecular weight excluding hydrogens is 502 g/mol. The van der Waals surface area contributed by atoms with Gasteiger partial charge in [-0.2, -0.15) is 5.10 Å². The Morgan fingerprint density at radius 3 is 2.54 bits per heavy atom. The van der Waals surface area contributed by atoms with E-state index in [0.29, 0.717) is 6.73 Å². The van der Waals surface area contributed by atoms with Crippen molar-refractivity contribution in [2.75, 3.05) is 49.3 Å². The van der Waals surface area contributed by atoms with Gasteiger partial charge >= 0.3 is 0 Å². The lowest BCUT2D eigenvalue weighted by atomic mass is 10.1. The molecule has 0 spiro atoms. The van der Waals surface area contributed by atoms with Crippen molar-refractivity contribution in [2.24, 2.45) is 0 Å². The van der Waals surface area contributed by atoms with Gasteiger partial charge in [-0.15, -0.1) is 0 Å². The van der Waals surface area contributed by atoms with Gasteiger partial charge in [0.25, 0.3) is 0 Å². The average molecular weight is 544 g/mol. The van der Waals surface area contributed by atoms with E-state index in [1.54, 1.807) is 0 Å². The van der Waals surface area contributed by atoms with E-state index in [9.17, 15) is 0 Å². The van der Waals surface area contributed by atoms with Crippen molar-refractivity contribution in [3.8, 4) is 11.3 Å². The van der Waals surface area contributed by atoms with Crippen LogP contribution in [-0.2, 0) is 16.2 Å². The summed E-state index contributed by atoms with van der Waals surface area (Å²) in [4.78, 5) is 9.31. The summed E-state index contributed by atoms with van der Waals surface area (Å²) >= 11 is 0. The number of aromatic nitrogens is 3. The molecule has 8 heteroatoms. The molecular formula is C31H41N5O2Si. The number of anilines is 3. The van der Waals surface area contributed by atoms with Gasteiger partial charge in [-0.3, -0.25) is 0 Å². The Morgan fingerprint density at radius 2 is 1.79 bits per heavy atom. The molecule has 1 saturated heterocycles. The molecule has 0 bridgehead atoms. The van der Waals surface area contributed by atoms with E-state index in [-0.39, 0.29) is 0 Å². The number of rotatable bonds is 10. The van der Waals surface area contributed by atoms with Crippen LogP contribution in [0.4, 0.5) is 17.2 Å². The largest absolute Gasteiger partial charge is 0.378 e. The molecule has 4 aromatic rings. The van der Waals surface area contributed by atoms with E-state index < -0.39 is 8.07 Å². The summed E-state index contributed by atoms with van der Waals surface area (Å²) in [6, 6.07) is 20.7. The second kappa shape index (κ2) is 11.9. The Bertz CT molecular complexity index is 1410. The summed E-state index contributed by atoms with van der Waals surface area (Å²) in [7, 11) is -1.16. The second-order valence-corrected chi connectivity index (χ2v) is 17.1. The third kappa shape index (κ3) is 6.51. The monoisotopic (exact) mass is 543 g/mol. The Kier molecular flexibility index (Phi) is 8.35. The van der Waals surface area contributed by atoms with Crippen molar-refractivity contribution in [3.63, 3.8) is 0 Å². The minimum Gasteiger partial charge on any atom is -0.378 e. The minimum atomic E-state index is -1.16. The van der Waals surface area contributed by atoms with Crippen LogP contribution >= 0.6 is 0 Å². The van der Waals surface area contributed by atoms with Gasteiger partial charge in [0.05, 0.1) is 18.7 Å². The second-order valence-electron chi connectivity index (χ2n) is 11.5. The highest BCUT2D eigenvalue weighted by molar-refractivity contribution is 6.76. The molecule has 5 rings (SSSR count). The maximum absolute atomic E-state index is 6.14. The molecule has 0 unspecified atom stereocenters. The van der Waals surface area contributed by atoms with Gasteiger partial charge in [-0.05, 0) is 67.9 Å². The predicted molar refractivity (Wildman–Crippen MR) is 164 cm³/mol. The van der Waals surface area contributed by atoms with Crippen LogP contribution in [0.2, 0.25) is 25.7 Å². The Hall–Kier alpha value is -3.20. The number of hydrogen-bond donors (Lipinski definition) is 0. The molecule has 1 aliphatic rings. The quantitative estimate of drug-likeness (QED) is 0.164. The third-order valence-corrected chi connectivity index (χ3v) is 8.94. The number of benzene rings is 2. The van der Waals surface area contributed by atoms with E-state index in [1.807, 2.05) is 10.9 Å². The van der Waals surface area contributed by atoms with E-state index >= 15 is 0 Å². The summed E-state index contributed by atoms with van der Waals surface area (Å²) < 4.78 is 13.7. The van der Waals surface area contributed by atoms with Gasteiger partial charge in [0.15, 0.2) is 0 Å². The summed E-state index contributed by atoms with van der Waals surface area (Å²) in [6.45, 7) is 16.7. The summed E-state index contributed by atoms with van der Waals surface area (Å²) in [5.41, 5.74) is 6.69. The van der Waals surface area contributed by atoms with Crippen LogP contribution in [0.15, 0.2) is 60.8 Å². The SMILES string of the molecule is CCN(c1cccc(C)c1)c1ccc2c(c1)c(-c1ccnc(N3CCOCC3)c1)nn2COCC[Si](C)(C)C. The first kappa shape index (κ1) is 27.4. The molecule has 3 heterocycles. The maximum Gasteiger partial charge on any atom is 0.140 e. The highest BCUT2D eigenvalue weighted by atomic mass is 28.3. The molecule has 0 aliphatic carbocycles. The van der Waals surface area contributed by atoms with Gasteiger partial charge < -0.3 is 19.3 Å². The Morgan fingerprint density at radius 1 is 1.00 bits per heavy atom. The Labute approximate surface area is 233 Å². The number of hydrogen-bond acceptors (Lipinski definition) is 6. The third-order valence-electron chi connectivity index (χ3n) is 7.24. The Balaban J connectivity index is 1.54. The van der Waals surface area contributed by atoms with E-state index in [0.717, 1.165) is 79.2 Å². The van der Waals surface area contributed by atoms with Crippen LogP contribution in [0.3, 0.4) is 0 Å². The number of fused-ring (bicyclic) bond motifs is 1. The zero-order chi connectivity index (χ0) is 27.4. The molecule has 39 heavy (non-hydrogen) atoms. The number of aryl methyl sites for hydroxylation is 1. The van der Waals surface area contributed by atoms with E-state index in [4.69, 9.17) is 14.6 Å². The zero-order valence-electron chi connectivity index (χ0n) is 24.0. The first-order valence-corrected chi connectivity index (χ1v) is 17.7. The molecule has 0 saturated carbocycles. The molecule has 206 valence electrons. The number of nitrogens with zero attached hydrogens (tertiary/aromatic N) is 5. The molecule has 0 radical (unpaired) electrons. The van der Waals surface area contributed by atoms with Crippen LogP contribution in [0.25, 0.3) is 22.2 Å². The van der Waals surface area contributed by atoms with Crippen LogP contribution < -0.4 is 9.80 Å². The fraction of sp³-hybridized carbons (Fsp3) is 0.419. The number of pyridine rings is 1. The molecule has 1 fully saturated rings. The smallest absolute Gasteiger partial charge is 0.140 e. The molecule has 2 aromatic heterocycles. The van der Waals surface area contributed by atoms with Crippen molar-refractivity contribution in [2.45, 2.75) is 46.3 Å². The minimum absolute atomic E-state index is 0.442. The van der Waals surface area contributed by atoms with Gasteiger partial charge in [-0.1, -0.05) is 31.8 Å². The lowest BCUT2D eigenvalue weighted by molar-refractivity contribution is 0.0818. The summed E-state index contributed by atoms with van der Waals surface area (Å²) in [6.07, 6.45) is 1.89. The summed E-state index contributed by atoms with van der Waals surface area (Å²) in [5, 5.41) is 6.22. The number of ether oxygens (including phenoxy) is 2. The van der Waals surface area contributed by atoms with E-state index in [1.165, 1.54) is 11.3 Å². The van der Waals surface area contributed by atoms with Crippen LogP contribution in [0.1, 0.15) is 12.5 Å². The van der Waals surface area contributed by atoms with Crippen molar-refractivity contribution >= 4 is 36.2 Å². The van der Waals surface area contributed by atoms with Crippen molar-refractivity contribution in [1.29, 1.82) is 0 Å². The van der Waals surface area contributed by atoms with Gasteiger partial charge in [-0.25, -0.2) is 9.67 Å². The first-order chi connectivity index (χ1) is 18.8. The van der Waals surface area contributed by atoms with Crippen LogP contribution in [0, 0.1) is 6.92 Å². The maximum atomic E-state index is 6.14. The normalized spacial score (nSPS) is 14.2. The first-order valence-electron chi connectivity index (χ1n) is 14.0. The highest BCUT2D eigenvalue weighted by Crippen LogP contribution is 2.35. The van der Waals surface area contributed by atoms with Crippen molar-refractivity contribution < 1.29 is 9.47 Å². The van der Waals surface area contributed by atoms with Crippen molar-refractivity contribution in [3.05, 3.63) is 66.4 Å². The molecule has 1 aliphatic heterocycles. The van der Waals surface area contributed by atoms with Gasteiger partial charge in [0.1, 0.15) is 18.2 Å². The highest BCUT2D eigenvalue weighted by Gasteiger charge is 2.19. The molecule has 7 nitrogen and oxygen atoms in total. The molecule has 2 aromatic carbocycles. The molecule has 0 N–H and O–H groups in total. The van der Waals surface area contributed by atoms with Gasteiger partial charge in [0.2, 0.25) is 0 Å². The van der Waals surface area contributed by atoms with E-state index in [2.05, 4.69) is 103 Å². The van der Waals surface area contributed by atoms with Crippen molar-refractivity contribution in [1.82, 2.24) is 14.8 Å². The predicted octanol–water partition coefficient (Wildman–Crippen LogP) is 6.71.